The number of alkyl halides is 3. The van der Waals surface area contributed by atoms with E-state index in [2.05, 4.69) is 15.9 Å². The first-order valence-electron chi connectivity index (χ1n) is 9.35. The number of benzene rings is 2. The molecule has 0 fully saturated rings. The zero-order chi connectivity index (χ0) is 24.6. The average molecular weight is 531 g/mol. The van der Waals surface area contributed by atoms with Crippen LogP contribution in [0.15, 0.2) is 70.1 Å². The third kappa shape index (κ3) is 8.03. The lowest BCUT2D eigenvalue weighted by Crippen LogP contribution is -2.21. The van der Waals surface area contributed by atoms with Gasteiger partial charge in [0.25, 0.3) is 5.56 Å². The number of pyridine rings is 1. The molecule has 0 aliphatic rings. The van der Waals surface area contributed by atoms with Gasteiger partial charge in [0.1, 0.15) is 22.6 Å². The number of carbonyl (C=O) groups is 1. The van der Waals surface area contributed by atoms with E-state index in [0.29, 0.717) is 23.3 Å². The topological polar surface area (TPSA) is 94.5 Å². The lowest BCUT2D eigenvalue weighted by Gasteiger charge is -2.12. The molecule has 0 atom stereocenters. The van der Waals surface area contributed by atoms with Gasteiger partial charge in [-0.3, -0.25) is 4.79 Å². The molecule has 176 valence electrons. The Morgan fingerprint density at radius 2 is 1.67 bits per heavy atom. The van der Waals surface area contributed by atoms with E-state index in [-0.39, 0.29) is 18.0 Å². The Morgan fingerprint density at radius 3 is 2.24 bits per heavy atom. The summed E-state index contributed by atoms with van der Waals surface area (Å²) < 4.78 is 52.3. The number of nitrogens with two attached hydrogens (primary N) is 1. The van der Waals surface area contributed by atoms with Crippen LogP contribution in [0.5, 0.6) is 5.75 Å². The molecule has 0 bridgehead atoms. The number of aliphatic carboxylic acids is 1. The summed E-state index contributed by atoms with van der Waals surface area (Å²) in [4.78, 5) is 21.5. The van der Waals surface area contributed by atoms with Crippen LogP contribution in [-0.4, -0.2) is 21.8 Å². The molecule has 6 nitrogen and oxygen atoms in total. The Morgan fingerprint density at radius 1 is 1.06 bits per heavy atom. The number of aromatic nitrogens is 1. The van der Waals surface area contributed by atoms with E-state index in [9.17, 15) is 22.4 Å². The van der Waals surface area contributed by atoms with Crippen LogP contribution in [0.3, 0.4) is 0 Å². The van der Waals surface area contributed by atoms with Crippen LogP contribution in [-0.2, 0) is 24.5 Å². The fourth-order valence-corrected chi connectivity index (χ4v) is 3.03. The number of rotatable bonds is 6. The van der Waals surface area contributed by atoms with Gasteiger partial charge in [-0.15, -0.1) is 0 Å². The zero-order valence-corrected chi connectivity index (χ0v) is 18.6. The minimum Gasteiger partial charge on any atom is -0.487 e. The second-order valence-electron chi connectivity index (χ2n) is 6.67. The van der Waals surface area contributed by atoms with Crippen molar-refractivity contribution in [1.29, 1.82) is 0 Å². The van der Waals surface area contributed by atoms with E-state index in [0.717, 1.165) is 16.7 Å². The predicted octanol–water partition coefficient (Wildman–Crippen LogP) is 4.47. The van der Waals surface area contributed by atoms with Gasteiger partial charge in [-0.1, -0.05) is 36.4 Å². The zero-order valence-electron chi connectivity index (χ0n) is 17.0. The van der Waals surface area contributed by atoms with E-state index in [1.807, 2.05) is 24.3 Å². The summed E-state index contributed by atoms with van der Waals surface area (Å²) in [6.07, 6.45) is -3.39. The summed E-state index contributed by atoms with van der Waals surface area (Å²) in [5, 5.41) is 7.12. The molecule has 0 spiro atoms. The van der Waals surface area contributed by atoms with E-state index in [1.54, 1.807) is 29.0 Å². The highest BCUT2D eigenvalue weighted by molar-refractivity contribution is 9.10. The number of hydrogen-bond donors (Lipinski definition) is 2. The first-order valence-corrected chi connectivity index (χ1v) is 10.1. The van der Waals surface area contributed by atoms with Crippen LogP contribution < -0.4 is 16.0 Å². The second kappa shape index (κ2) is 11.6. The minimum absolute atomic E-state index is 0.181. The van der Waals surface area contributed by atoms with E-state index >= 15 is 0 Å². The molecule has 3 N–H and O–H groups in total. The lowest BCUT2D eigenvalue weighted by atomic mass is 10.1. The van der Waals surface area contributed by atoms with Crippen molar-refractivity contribution in [1.82, 2.24) is 4.57 Å². The van der Waals surface area contributed by atoms with Crippen LogP contribution in [0.2, 0.25) is 0 Å². The molecule has 1 aromatic heterocycles. The van der Waals surface area contributed by atoms with Crippen LogP contribution in [0, 0.1) is 5.82 Å². The molecule has 2 aromatic carbocycles. The monoisotopic (exact) mass is 530 g/mol. The van der Waals surface area contributed by atoms with Gasteiger partial charge in [0.2, 0.25) is 0 Å². The Hall–Kier alpha value is -3.18. The van der Waals surface area contributed by atoms with Gasteiger partial charge < -0.3 is 20.1 Å². The van der Waals surface area contributed by atoms with Gasteiger partial charge in [0, 0.05) is 12.7 Å². The average Bonchev–Trinajstić information content (AvgIpc) is 2.77. The molecular weight excluding hydrogens is 512 g/mol. The lowest BCUT2D eigenvalue weighted by molar-refractivity contribution is -0.192. The fourth-order valence-electron chi connectivity index (χ4n) is 2.56. The highest BCUT2D eigenvalue weighted by atomic mass is 79.9. The van der Waals surface area contributed by atoms with Crippen molar-refractivity contribution in [2.75, 3.05) is 0 Å². The Kier molecular flexibility index (Phi) is 9.18. The number of carboxylic acids is 1. The number of halogens is 5. The third-order valence-corrected chi connectivity index (χ3v) is 4.93. The van der Waals surface area contributed by atoms with E-state index < -0.39 is 12.1 Å². The molecule has 33 heavy (non-hydrogen) atoms. The minimum atomic E-state index is -5.08. The second-order valence-corrected chi connectivity index (χ2v) is 7.46. The predicted molar refractivity (Wildman–Crippen MR) is 116 cm³/mol. The van der Waals surface area contributed by atoms with Gasteiger partial charge >= 0.3 is 12.1 Å². The molecule has 3 aromatic rings. The van der Waals surface area contributed by atoms with Gasteiger partial charge in [0.15, 0.2) is 0 Å². The van der Waals surface area contributed by atoms with Crippen molar-refractivity contribution in [3.63, 3.8) is 0 Å². The van der Waals surface area contributed by atoms with E-state index in [1.165, 1.54) is 12.1 Å². The van der Waals surface area contributed by atoms with Crippen molar-refractivity contribution >= 4 is 21.9 Å². The van der Waals surface area contributed by atoms with Crippen molar-refractivity contribution < 1.29 is 32.2 Å². The summed E-state index contributed by atoms with van der Waals surface area (Å²) in [5.41, 5.74) is 8.33. The highest BCUT2D eigenvalue weighted by Crippen LogP contribution is 2.22. The third-order valence-electron chi connectivity index (χ3n) is 4.20. The summed E-state index contributed by atoms with van der Waals surface area (Å²) in [7, 11) is 0. The molecule has 0 unspecified atom stereocenters. The van der Waals surface area contributed by atoms with Crippen LogP contribution in [0.1, 0.15) is 16.7 Å². The first-order chi connectivity index (χ1) is 15.5. The molecule has 0 amide bonds. The van der Waals surface area contributed by atoms with E-state index in [4.69, 9.17) is 20.4 Å². The maximum Gasteiger partial charge on any atom is 0.490 e. The molecular formula is C22H19BrF4N2O4. The number of hydrogen-bond acceptors (Lipinski definition) is 4. The smallest absolute Gasteiger partial charge is 0.487 e. The van der Waals surface area contributed by atoms with Crippen molar-refractivity contribution in [2.45, 2.75) is 25.9 Å². The molecule has 3 rings (SSSR count). The van der Waals surface area contributed by atoms with Gasteiger partial charge in [-0.05, 0) is 50.8 Å². The molecule has 0 saturated heterocycles. The number of ether oxygens (including phenoxy) is 1. The SMILES string of the molecule is NCc1cccc(Cn2ccc(OCc3ccc(F)cc3)c(Br)c2=O)c1.O=C(O)C(F)(F)F. The largest absolute Gasteiger partial charge is 0.490 e. The van der Waals surface area contributed by atoms with Gasteiger partial charge in [-0.2, -0.15) is 13.2 Å². The summed E-state index contributed by atoms with van der Waals surface area (Å²) in [5.74, 6) is -2.60. The quantitative estimate of drug-likeness (QED) is 0.458. The van der Waals surface area contributed by atoms with Crippen molar-refractivity contribution in [3.05, 3.63) is 98.1 Å². The fraction of sp³-hybridized carbons (Fsp3) is 0.182. The molecule has 11 heteroatoms. The Bertz CT molecular complexity index is 1150. The van der Waals surface area contributed by atoms with Crippen LogP contribution in [0.25, 0.3) is 0 Å². The molecule has 0 radical (unpaired) electrons. The number of nitrogens with zero attached hydrogens (tertiary/aromatic N) is 1. The molecule has 0 aliphatic heterocycles. The van der Waals surface area contributed by atoms with Gasteiger partial charge in [-0.25, -0.2) is 9.18 Å². The summed E-state index contributed by atoms with van der Waals surface area (Å²) in [6, 6.07) is 15.6. The first kappa shape index (κ1) is 26.1. The molecule has 1 heterocycles. The van der Waals surface area contributed by atoms with Crippen LogP contribution >= 0.6 is 15.9 Å². The summed E-state index contributed by atoms with van der Waals surface area (Å²) >= 11 is 3.32. The maximum absolute atomic E-state index is 12.9. The van der Waals surface area contributed by atoms with Crippen LogP contribution in [0.4, 0.5) is 17.6 Å². The van der Waals surface area contributed by atoms with Gasteiger partial charge in [0.05, 0.1) is 6.54 Å². The molecule has 0 aliphatic carbocycles. The standard InChI is InChI=1S/C20H18BrFN2O2.C2HF3O2/c21-19-18(26-13-14-4-6-17(22)7-5-14)8-9-24(20(19)25)12-16-3-1-2-15(10-16)11-23;3-2(4,5)1(6)7/h1-10H,11-13,23H2;(H,6,7). The Balaban J connectivity index is 0.000000479. The van der Waals surface area contributed by atoms with Crippen molar-refractivity contribution in [2.24, 2.45) is 5.73 Å². The summed E-state index contributed by atoms with van der Waals surface area (Å²) in [6.45, 7) is 1.16. The molecule has 0 saturated carbocycles. The van der Waals surface area contributed by atoms with Crippen molar-refractivity contribution in [3.8, 4) is 5.75 Å². The Labute approximate surface area is 194 Å². The number of carboxylic acid groups (broad SMARTS) is 1. The highest BCUT2D eigenvalue weighted by Gasteiger charge is 2.38. The maximum atomic E-state index is 12.9. The normalized spacial score (nSPS) is 10.8.